The molecule has 2 N–H and O–H groups in total. The molecule has 1 aliphatic heterocycles. The van der Waals surface area contributed by atoms with Gasteiger partial charge >= 0.3 is 6.09 Å². The van der Waals surface area contributed by atoms with Gasteiger partial charge in [0.15, 0.2) is 9.84 Å². The van der Waals surface area contributed by atoms with Gasteiger partial charge in [0, 0.05) is 12.8 Å². The van der Waals surface area contributed by atoms with Crippen LogP contribution in [-0.4, -0.2) is 62.2 Å². The Labute approximate surface area is 213 Å². The third kappa shape index (κ3) is 7.81. The molecule has 1 saturated carbocycles. The number of hydrogen-bond donors (Lipinski definition) is 2. The number of alkyl carbamates (subject to hydrolysis) is 1. The van der Waals surface area contributed by atoms with E-state index in [-0.39, 0.29) is 23.3 Å². The van der Waals surface area contributed by atoms with Crippen molar-refractivity contribution in [2.24, 2.45) is 5.92 Å². The van der Waals surface area contributed by atoms with E-state index in [2.05, 4.69) is 16.7 Å². The summed E-state index contributed by atoms with van der Waals surface area (Å²) in [5.74, 6) is -0.122. The van der Waals surface area contributed by atoms with Gasteiger partial charge in [-0.05, 0) is 82.6 Å². The molecule has 2 atom stereocenters. The van der Waals surface area contributed by atoms with Crippen LogP contribution in [0.25, 0.3) is 6.08 Å². The highest BCUT2D eigenvalue weighted by Crippen LogP contribution is 2.32. The number of nitrogens with zero attached hydrogens (tertiary/aromatic N) is 1. The van der Waals surface area contributed by atoms with E-state index in [9.17, 15) is 22.8 Å². The number of ether oxygens (including phenoxy) is 1. The van der Waals surface area contributed by atoms with Crippen LogP contribution in [0.3, 0.4) is 0 Å². The van der Waals surface area contributed by atoms with Gasteiger partial charge in [-0.3, -0.25) is 9.59 Å². The predicted octanol–water partition coefficient (Wildman–Crippen LogP) is 3.21. The second-order valence-electron chi connectivity index (χ2n) is 10.6. The Morgan fingerprint density at radius 3 is 2.50 bits per heavy atom. The molecule has 1 aromatic carbocycles. The zero-order valence-electron chi connectivity index (χ0n) is 21.7. The van der Waals surface area contributed by atoms with Crippen molar-refractivity contribution in [1.82, 2.24) is 15.5 Å². The number of rotatable bonds is 8. The zero-order valence-corrected chi connectivity index (χ0v) is 22.5. The normalized spacial score (nSPS) is 19.2. The van der Waals surface area contributed by atoms with E-state index in [1.165, 1.54) is 11.2 Å². The minimum Gasteiger partial charge on any atom is -0.444 e. The molecule has 1 aromatic rings. The molecule has 198 valence electrons. The van der Waals surface area contributed by atoms with Gasteiger partial charge in [0.1, 0.15) is 18.2 Å². The van der Waals surface area contributed by atoms with Crippen LogP contribution in [-0.2, 0) is 24.2 Å². The maximum absolute atomic E-state index is 13.2. The van der Waals surface area contributed by atoms with E-state index in [0.717, 1.165) is 24.0 Å². The molecule has 36 heavy (non-hydrogen) atoms. The highest BCUT2D eigenvalue weighted by molar-refractivity contribution is 7.90. The monoisotopic (exact) mass is 519 g/mol. The molecule has 1 aliphatic carbocycles. The van der Waals surface area contributed by atoms with Crippen molar-refractivity contribution < 1.29 is 27.5 Å². The summed E-state index contributed by atoms with van der Waals surface area (Å²) in [7, 11) is -3.37. The summed E-state index contributed by atoms with van der Waals surface area (Å²) >= 11 is 0. The van der Waals surface area contributed by atoms with Crippen molar-refractivity contribution in [2.45, 2.75) is 76.0 Å². The molecule has 10 heteroatoms. The molecule has 2 fully saturated rings. The second kappa shape index (κ2) is 11.0. The van der Waals surface area contributed by atoms with Crippen LogP contribution in [0, 0.1) is 5.92 Å². The summed E-state index contributed by atoms with van der Waals surface area (Å²) in [6, 6.07) is 3.88. The Kier molecular flexibility index (Phi) is 8.48. The van der Waals surface area contributed by atoms with Crippen LogP contribution in [0.5, 0.6) is 0 Å². The van der Waals surface area contributed by atoms with Gasteiger partial charge in [0.05, 0.1) is 10.9 Å². The smallest absolute Gasteiger partial charge is 0.408 e. The van der Waals surface area contributed by atoms with Crippen LogP contribution in [0.4, 0.5) is 4.79 Å². The first-order chi connectivity index (χ1) is 16.7. The lowest BCUT2D eigenvalue weighted by Crippen LogP contribution is -2.49. The number of hydrogen-bond acceptors (Lipinski definition) is 6. The van der Waals surface area contributed by atoms with Gasteiger partial charge < -0.3 is 20.3 Å². The van der Waals surface area contributed by atoms with Crippen LogP contribution < -0.4 is 10.6 Å². The molecule has 0 unspecified atom stereocenters. The third-order valence-electron chi connectivity index (χ3n) is 6.14. The second-order valence-corrected chi connectivity index (χ2v) is 12.6. The van der Waals surface area contributed by atoms with Crippen molar-refractivity contribution in [3.05, 3.63) is 35.4 Å². The molecule has 3 amide bonds. The quantitative estimate of drug-likeness (QED) is 0.544. The highest BCUT2D eigenvalue weighted by atomic mass is 32.2. The molecule has 9 nitrogen and oxygen atoms in total. The Balaban J connectivity index is 1.67. The van der Waals surface area contributed by atoms with Gasteiger partial charge in [0.25, 0.3) is 0 Å². The Bertz CT molecular complexity index is 1130. The maximum atomic E-state index is 13.2. The number of benzene rings is 1. The van der Waals surface area contributed by atoms with Crippen molar-refractivity contribution >= 4 is 33.8 Å². The maximum Gasteiger partial charge on any atom is 0.408 e. The van der Waals surface area contributed by atoms with Crippen molar-refractivity contribution in [1.29, 1.82) is 0 Å². The molecular weight excluding hydrogens is 482 g/mol. The molecule has 0 radical (unpaired) electrons. The summed E-state index contributed by atoms with van der Waals surface area (Å²) in [5, 5.41) is 5.45. The Hall–Kier alpha value is -2.88. The Morgan fingerprint density at radius 1 is 1.19 bits per heavy atom. The summed E-state index contributed by atoms with van der Waals surface area (Å²) in [4.78, 5) is 39.5. The average Bonchev–Trinajstić information content (AvgIpc) is 3.47. The van der Waals surface area contributed by atoms with Crippen molar-refractivity contribution in [2.75, 3.05) is 19.3 Å². The molecular formula is C26H37N3O6S. The van der Waals surface area contributed by atoms with Crippen LogP contribution in [0.1, 0.15) is 70.5 Å². The fourth-order valence-electron chi connectivity index (χ4n) is 4.14. The van der Waals surface area contributed by atoms with Gasteiger partial charge in [0.2, 0.25) is 11.8 Å². The first kappa shape index (κ1) is 27.7. The number of allylic oxidation sites excluding steroid dienone is 1. The van der Waals surface area contributed by atoms with Gasteiger partial charge in [-0.1, -0.05) is 18.2 Å². The fraction of sp³-hybridized carbons (Fsp3) is 0.577. The number of carbonyl (C=O) groups is 3. The number of amides is 3. The summed E-state index contributed by atoms with van der Waals surface area (Å²) in [5.41, 5.74) is 0.875. The molecule has 1 heterocycles. The van der Waals surface area contributed by atoms with E-state index in [1.54, 1.807) is 39.0 Å². The van der Waals surface area contributed by atoms with Crippen LogP contribution in [0.15, 0.2) is 29.2 Å². The lowest BCUT2D eigenvalue weighted by molar-refractivity contribution is -0.138. The third-order valence-corrected chi connectivity index (χ3v) is 7.25. The minimum atomic E-state index is -3.37. The predicted molar refractivity (Wildman–Crippen MR) is 137 cm³/mol. The molecule has 0 spiro atoms. The number of likely N-dealkylation sites (tertiary alicyclic amines) is 1. The summed E-state index contributed by atoms with van der Waals surface area (Å²) in [6.07, 6.45) is 7.95. The fourth-order valence-corrected chi connectivity index (χ4v) is 4.80. The molecule has 2 aliphatic rings. The summed E-state index contributed by atoms with van der Waals surface area (Å²) < 4.78 is 29.3. The van der Waals surface area contributed by atoms with E-state index in [4.69, 9.17) is 4.74 Å². The SMILES string of the molecule is C[C@H](NC(=O)[C@@H]1CCCN1C(=O)CNC(=O)OC(C)(C)C)c1ccc(S(C)(=O)=O)cc1/C=C/C1CC1. The number of sulfone groups is 1. The highest BCUT2D eigenvalue weighted by Gasteiger charge is 2.35. The lowest BCUT2D eigenvalue weighted by atomic mass is 10.00. The number of nitrogens with one attached hydrogen (secondary N) is 2. The zero-order chi connectivity index (χ0) is 26.7. The largest absolute Gasteiger partial charge is 0.444 e. The van der Waals surface area contributed by atoms with E-state index >= 15 is 0 Å². The van der Waals surface area contributed by atoms with Crippen LogP contribution >= 0.6 is 0 Å². The van der Waals surface area contributed by atoms with E-state index in [0.29, 0.717) is 25.3 Å². The molecule has 1 saturated heterocycles. The number of carbonyl (C=O) groups excluding carboxylic acids is 3. The standard InChI is InChI=1S/C26H37N3O6S/c1-17(21-13-12-20(36(5,33)34)15-19(21)11-10-18-8-9-18)28-24(31)22-7-6-14-29(22)23(30)16-27-25(32)35-26(2,3)4/h10-13,15,17-18,22H,6-9,14,16H2,1-5H3,(H,27,32)(H,28,31)/b11-10+/t17-,22-/m0/s1. The van der Waals surface area contributed by atoms with E-state index < -0.39 is 33.6 Å². The molecule has 3 rings (SSSR count). The van der Waals surface area contributed by atoms with Gasteiger partial charge in [-0.15, -0.1) is 0 Å². The summed E-state index contributed by atoms with van der Waals surface area (Å²) in [6.45, 7) is 7.22. The first-order valence-corrected chi connectivity index (χ1v) is 14.2. The van der Waals surface area contributed by atoms with Crippen molar-refractivity contribution in [3.8, 4) is 0 Å². The lowest BCUT2D eigenvalue weighted by Gasteiger charge is -2.26. The molecule has 0 bridgehead atoms. The minimum absolute atomic E-state index is 0.227. The van der Waals surface area contributed by atoms with Crippen LogP contribution in [0.2, 0.25) is 0 Å². The Morgan fingerprint density at radius 2 is 1.89 bits per heavy atom. The first-order valence-electron chi connectivity index (χ1n) is 12.3. The van der Waals surface area contributed by atoms with Gasteiger partial charge in [-0.2, -0.15) is 0 Å². The van der Waals surface area contributed by atoms with Crippen molar-refractivity contribution in [3.63, 3.8) is 0 Å². The average molecular weight is 520 g/mol. The topological polar surface area (TPSA) is 122 Å². The molecule has 0 aromatic heterocycles. The van der Waals surface area contributed by atoms with E-state index in [1.807, 2.05) is 13.0 Å². The van der Waals surface area contributed by atoms with Gasteiger partial charge in [-0.25, -0.2) is 13.2 Å².